The highest BCUT2D eigenvalue weighted by molar-refractivity contribution is 8.05. The second-order valence-corrected chi connectivity index (χ2v) is 6.57. The molecule has 0 radical (unpaired) electrons. The van der Waals surface area contributed by atoms with Crippen molar-refractivity contribution in [3.63, 3.8) is 0 Å². The topological polar surface area (TPSA) is 65.7 Å². The number of nitrogens with one attached hydrogen (secondary N) is 2. The lowest BCUT2D eigenvalue weighted by molar-refractivity contribution is 1.11. The maximum Gasteiger partial charge on any atom is 0.314 e. The van der Waals surface area contributed by atoms with Gasteiger partial charge in [0.1, 0.15) is 0 Å². The second kappa shape index (κ2) is 4.29. The van der Waals surface area contributed by atoms with Crippen LogP contribution in [0.4, 0.5) is 0 Å². The van der Waals surface area contributed by atoms with Crippen LogP contribution in [-0.2, 0) is 0 Å². The first kappa shape index (κ1) is 11.9. The molecule has 0 saturated heterocycles. The van der Waals surface area contributed by atoms with Gasteiger partial charge in [0.25, 0.3) is 0 Å². The highest BCUT2D eigenvalue weighted by Crippen LogP contribution is 2.48. The zero-order valence-electron chi connectivity index (χ0n) is 10.1. The minimum absolute atomic E-state index is 0.619. The van der Waals surface area contributed by atoms with E-state index in [1.165, 1.54) is 9.79 Å². The van der Waals surface area contributed by atoms with Crippen molar-refractivity contribution in [1.82, 2.24) is 9.97 Å². The minimum Gasteiger partial charge on any atom is -0.316 e. The lowest BCUT2D eigenvalue weighted by Gasteiger charge is -2.18. The molecule has 4 rings (SSSR count). The van der Waals surface area contributed by atoms with Gasteiger partial charge in [0.05, 0.1) is 11.0 Å². The maximum atomic E-state index is 11.4. The van der Waals surface area contributed by atoms with Crippen molar-refractivity contribution in [2.45, 2.75) is 19.6 Å². The SMILES string of the molecule is O=c1[nH]c2cc3c(cc2[nH]c1=O)Sc1ccccc1S3. The van der Waals surface area contributed by atoms with E-state index >= 15 is 0 Å². The molecule has 3 aromatic rings. The third-order valence-corrected chi connectivity index (χ3v) is 5.60. The van der Waals surface area contributed by atoms with Gasteiger partial charge in [-0.2, -0.15) is 0 Å². The summed E-state index contributed by atoms with van der Waals surface area (Å²) in [7, 11) is 0. The molecule has 0 amide bonds. The van der Waals surface area contributed by atoms with Gasteiger partial charge in [-0.1, -0.05) is 35.7 Å². The number of hydrogen-bond acceptors (Lipinski definition) is 4. The van der Waals surface area contributed by atoms with Crippen molar-refractivity contribution >= 4 is 34.6 Å². The Morgan fingerprint density at radius 1 is 0.700 bits per heavy atom. The van der Waals surface area contributed by atoms with Crippen LogP contribution < -0.4 is 11.1 Å². The second-order valence-electron chi connectivity index (χ2n) is 4.40. The van der Waals surface area contributed by atoms with Gasteiger partial charge in [-0.15, -0.1) is 0 Å². The zero-order chi connectivity index (χ0) is 13.7. The van der Waals surface area contributed by atoms with E-state index in [1.807, 2.05) is 24.3 Å². The molecular formula is C14H8N2O2S2. The van der Waals surface area contributed by atoms with Crippen LogP contribution in [0.15, 0.2) is 65.6 Å². The summed E-state index contributed by atoms with van der Waals surface area (Å²) >= 11 is 3.35. The van der Waals surface area contributed by atoms with E-state index in [1.54, 1.807) is 23.5 Å². The highest BCUT2D eigenvalue weighted by atomic mass is 32.2. The lowest BCUT2D eigenvalue weighted by Crippen LogP contribution is -2.28. The van der Waals surface area contributed by atoms with E-state index in [0.717, 1.165) is 9.79 Å². The summed E-state index contributed by atoms with van der Waals surface area (Å²) in [4.78, 5) is 32.6. The van der Waals surface area contributed by atoms with E-state index in [2.05, 4.69) is 22.1 Å². The van der Waals surface area contributed by atoms with Gasteiger partial charge in [-0.25, -0.2) is 0 Å². The first-order valence-electron chi connectivity index (χ1n) is 5.96. The molecule has 4 nitrogen and oxygen atoms in total. The van der Waals surface area contributed by atoms with Crippen LogP contribution >= 0.6 is 23.5 Å². The molecule has 2 heterocycles. The predicted octanol–water partition coefficient (Wildman–Crippen LogP) is 2.83. The summed E-state index contributed by atoms with van der Waals surface area (Å²) in [6.45, 7) is 0. The van der Waals surface area contributed by atoms with Gasteiger partial charge in [0.2, 0.25) is 0 Å². The quantitative estimate of drug-likeness (QED) is 0.490. The Kier molecular flexibility index (Phi) is 2.55. The molecule has 0 bridgehead atoms. The summed E-state index contributed by atoms with van der Waals surface area (Å²) in [5, 5.41) is 0. The van der Waals surface area contributed by atoms with E-state index < -0.39 is 11.1 Å². The number of rotatable bonds is 0. The standard InChI is InChI=1S/C14H8N2O2S2/c17-13-14(18)16-8-6-12-11(5-7(8)15-13)19-9-3-1-2-4-10(9)20-12/h1-6H,(H,15,17)(H,16,18). The lowest BCUT2D eigenvalue weighted by atomic mass is 10.3. The molecule has 6 heteroatoms. The zero-order valence-corrected chi connectivity index (χ0v) is 11.7. The Hall–Kier alpha value is -1.92. The van der Waals surface area contributed by atoms with Crippen molar-refractivity contribution in [2.24, 2.45) is 0 Å². The average molecular weight is 300 g/mol. The molecule has 0 unspecified atom stereocenters. The summed E-state index contributed by atoms with van der Waals surface area (Å²) in [5.74, 6) is 0. The Morgan fingerprint density at radius 2 is 1.15 bits per heavy atom. The smallest absolute Gasteiger partial charge is 0.314 e. The largest absolute Gasteiger partial charge is 0.316 e. The molecule has 0 atom stereocenters. The fourth-order valence-electron chi connectivity index (χ4n) is 2.14. The Morgan fingerprint density at radius 3 is 1.60 bits per heavy atom. The van der Waals surface area contributed by atoms with Crippen LogP contribution in [0.1, 0.15) is 0 Å². The van der Waals surface area contributed by atoms with E-state index in [9.17, 15) is 9.59 Å². The van der Waals surface area contributed by atoms with Gasteiger partial charge in [0.15, 0.2) is 0 Å². The van der Waals surface area contributed by atoms with Gasteiger partial charge in [0, 0.05) is 19.6 Å². The first-order chi connectivity index (χ1) is 9.70. The fourth-order valence-corrected chi connectivity index (χ4v) is 4.42. The molecule has 2 N–H and O–H groups in total. The molecule has 1 aromatic heterocycles. The number of H-pyrrole nitrogens is 2. The normalized spacial score (nSPS) is 13.0. The minimum atomic E-state index is -0.619. The average Bonchev–Trinajstić information content (AvgIpc) is 2.44. The van der Waals surface area contributed by atoms with Crippen molar-refractivity contribution in [1.29, 1.82) is 0 Å². The van der Waals surface area contributed by atoms with Crippen molar-refractivity contribution in [3.8, 4) is 0 Å². The van der Waals surface area contributed by atoms with E-state index in [-0.39, 0.29) is 0 Å². The summed E-state index contributed by atoms with van der Waals surface area (Å²) in [6, 6.07) is 12.0. The van der Waals surface area contributed by atoms with Crippen LogP contribution in [0.3, 0.4) is 0 Å². The number of hydrogen-bond donors (Lipinski definition) is 2. The van der Waals surface area contributed by atoms with Gasteiger partial charge >= 0.3 is 11.1 Å². The fraction of sp³-hybridized carbons (Fsp3) is 0. The molecule has 1 aliphatic heterocycles. The van der Waals surface area contributed by atoms with Crippen LogP contribution in [-0.4, -0.2) is 9.97 Å². The molecule has 2 aromatic carbocycles. The van der Waals surface area contributed by atoms with Crippen molar-refractivity contribution < 1.29 is 0 Å². The third kappa shape index (κ3) is 1.80. The number of benzene rings is 2. The number of aromatic amines is 2. The predicted molar refractivity (Wildman–Crippen MR) is 79.9 cm³/mol. The van der Waals surface area contributed by atoms with Crippen molar-refractivity contribution in [3.05, 3.63) is 57.1 Å². The third-order valence-electron chi connectivity index (χ3n) is 3.08. The first-order valence-corrected chi connectivity index (χ1v) is 7.59. The van der Waals surface area contributed by atoms with E-state index in [0.29, 0.717) is 11.0 Å². The summed E-state index contributed by atoms with van der Waals surface area (Å²) < 4.78 is 0. The monoisotopic (exact) mass is 300 g/mol. The van der Waals surface area contributed by atoms with Crippen LogP contribution in [0.5, 0.6) is 0 Å². The van der Waals surface area contributed by atoms with Crippen LogP contribution in [0.2, 0.25) is 0 Å². The number of aromatic nitrogens is 2. The number of fused-ring (bicyclic) bond motifs is 3. The Bertz CT molecular complexity index is 882. The Labute approximate surface area is 121 Å². The van der Waals surface area contributed by atoms with Gasteiger partial charge in [-0.05, 0) is 24.3 Å². The van der Waals surface area contributed by atoms with Crippen LogP contribution in [0.25, 0.3) is 11.0 Å². The van der Waals surface area contributed by atoms with Crippen molar-refractivity contribution in [2.75, 3.05) is 0 Å². The van der Waals surface area contributed by atoms with Gasteiger partial charge in [-0.3, -0.25) is 9.59 Å². The molecule has 20 heavy (non-hydrogen) atoms. The molecule has 1 aliphatic rings. The molecule has 0 fully saturated rings. The summed E-state index contributed by atoms with van der Waals surface area (Å²) in [6.07, 6.45) is 0. The molecule has 0 aliphatic carbocycles. The van der Waals surface area contributed by atoms with Gasteiger partial charge < -0.3 is 9.97 Å². The molecular weight excluding hydrogens is 292 g/mol. The highest BCUT2D eigenvalue weighted by Gasteiger charge is 2.17. The Balaban J connectivity index is 1.96. The molecule has 0 spiro atoms. The summed E-state index contributed by atoms with van der Waals surface area (Å²) in [5.41, 5.74) is 0.0688. The molecule has 98 valence electrons. The van der Waals surface area contributed by atoms with E-state index in [4.69, 9.17) is 0 Å². The van der Waals surface area contributed by atoms with Crippen LogP contribution in [0, 0.1) is 0 Å². The molecule has 0 saturated carbocycles. The maximum absolute atomic E-state index is 11.4.